The van der Waals surface area contributed by atoms with Crippen molar-refractivity contribution in [3.8, 4) is 0 Å². The van der Waals surface area contributed by atoms with E-state index in [-0.39, 0.29) is 36.9 Å². The number of unbranched alkanes of at least 4 members (excludes halogenated alkanes) is 3. The first-order valence-corrected chi connectivity index (χ1v) is 13.4. The maximum Gasteiger partial charge on any atom is 0.333 e. The van der Waals surface area contributed by atoms with Gasteiger partial charge in [0.1, 0.15) is 5.25 Å². The lowest BCUT2D eigenvalue weighted by Gasteiger charge is -2.16. The van der Waals surface area contributed by atoms with Gasteiger partial charge in [0.05, 0.1) is 18.5 Å². The smallest absolute Gasteiger partial charge is 0.333 e. The molecule has 15 heteroatoms. The zero-order chi connectivity index (χ0) is 25.2. The molecule has 0 saturated carbocycles. The molecular formula is C20H30N4O9S2. The molecule has 2 unspecified atom stereocenters. The molecule has 3 heterocycles. The summed E-state index contributed by atoms with van der Waals surface area (Å²) in [6.45, 7) is 0.503. The first-order chi connectivity index (χ1) is 16.9. The Hall–Kier alpha value is -2.07. The van der Waals surface area contributed by atoms with Crippen molar-refractivity contribution in [1.82, 2.24) is 21.0 Å². The van der Waals surface area contributed by atoms with Crippen molar-refractivity contribution in [3.63, 3.8) is 0 Å². The van der Waals surface area contributed by atoms with Crippen LogP contribution in [0.1, 0.15) is 57.8 Å². The number of imide groups is 1. The van der Waals surface area contributed by atoms with Gasteiger partial charge in [0.15, 0.2) is 0 Å². The number of hydroxylamine groups is 2. The summed E-state index contributed by atoms with van der Waals surface area (Å²) in [5.41, 5.74) is 0. The van der Waals surface area contributed by atoms with Crippen molar-refractivity contribution in [2.75, 3.05) is 12.3 Å². The fraction of sp³-hybridized carbons (Fsp3) is 0.750. The molecule has 0 spiro atoms. The highest BCUT2D eigenvalue weighted by Gasteiger charge is 2.43. The Labute approximate surface area is 210 Å². The number of nitrogens with one attached hydrogen (secondary N) is 3. The molecule has 4 atom stereocenters. The van der Waals surface area contributed by atoms with Gasteiger partial charge >= 0.3 is 12.0 Å². The number of rotatable bonds is 15. The minimum Gasteiger partial charge on any atom is -0.356 e. The molecule has 3 aliphatic heterocycles. The quantitative estimate of drug-likeness (QED) is 0.0590. The Balaban J connectivity index is 1.17. The molecule has 4 N–H and O–H groups in total. The van der Waals surface area contributed by atoms with E-state index in [2.05, 4.69) is 25.3 Å². The second-order valence-corrected chi connectivity index (χ2v) is 10.6. The fourth-order valence-corrected chi connectivity index (χ4v) is 6.19. The normalized spacial score (nSPS) is 25.4. The zero-order valence-corrected chi connectivity index (χ0v) is 20.7. The molecule has 3 fully saturated rings. The van der Waals surface area contributed by atoms with Crippen LogP contribution in [-0.2, 0) is 33.4 Å². The van der Waals surface area contributed by atoms with Crippen LogP contribution >= 0.6 is 23.8 Å². The molecule has 3 rings (SSSR count). The molecular weight excluding hydrogens is 504 g/mol. The van der Waals surface area contributed by atoms with Crippen LogP contribution in [0, 0.1) is 0 Å². The third-order valence-corrected chi connectivity index (χ3v) is 8.15. The Morgan fingerprint density at radius 3 is 2.71 bits per heavy atom. The Morgan fingerprint density at radius 1 is 1.11 bits per heavy atom. The number of urea groups is 1. The number of carbonyl (C=O) groups is 5. The lowest BCUT2D eigenvalue weighted by Crippen LogP contribution is -2.36. The SMILES string of the molecule is O=C(CCCCC1SC[C@@H]2NC(=O)N[C@H]12)NCCCCCC(=O)ON1C(=O)CC(SOOO)C1=O. The standard InChI is InChI=1S/C20H30N4O9S2/c25-15(7-4-3-6-13-18-12(11-34-13)22-20(29)23-18)21-9-5-1-2-8-17(27)31-24-16(26)10-14(19(24)28)35-33-32-30/h12-14,18,30H,1-11H2,(H,21,25)(H2,22,23,29)/t12-,13?,14?,18-/m0/s1. The maximum atomic E-state index is 12.0. The first-order valence-electron chi connectivity index (χ1n) is 11.6. The largest absolute Gasteiger partial charge is 0.356 e. The van der Waals surface area contributed by atoms with Gasteiger partial charge in [-0.3, -0.25) is 14.4 Å². The number of hydrogen-bond acceptors (Lipinski definition) is 11. The van der Waals surface area contributed by atoms with E-state index in [9.17, 15) is 24.0 Å². The number of nitrogens with zero attached hydrogens (tertiary/aromatic N) is 1. The molecule has 0 radical (unpaired) electrons. The second-order valence-electron chi connectivity index (χ2n) is 8.45. The van der Waals surface area contributed by atoms with Gasteiger partial charge in [-0.05, 0) is 25.7 Å². The molecule has 0 aliphatic carbocycles. The van der Waals surface area contributed by atoms with Crippen LogP contribution in [0.15, 0.2) is 0 Å². The highest BCUT2D eigenvalue weighted by molar-refractivity contribution is 8.00. The summed E-state index contributed by atoms with van der Waals surface area (Å²) in [6.07, 6.45) is 4.76. The first kappa shape index (κ1) is 27.5. The number of fused-ring (bicyclic) bond motifs is 1. The van der Waals surface area contributed by atoms with Crippen LogP contribution in [0.5, 0.6) is 0 Å². The molecule has 3 saturated heterocycles. The van der Waals surface area contributed by atoms with Crippen LogP contribution in [0.2, 0.25) is 0 Å². The van der Waals surface area contributed by atoms with Gasteiger partial charge in [-0.2, -0.15) is 11.8 Å². The summed E-state index contributed by atoms with van der Waals surface area (Å²) in [5, 5.41) is 20.1. The predicted molar refractivity (Wildman–Crippen MR) is 124 cm³/mol. The molecule has 3 aliphatic rings. The zero-order valence-electron chi connectivity index (χ0n) is 19.1. The number of hydrogen-bond donors (Lipinski definition) is 4. The fourth-order valence-electron chi connectivity index (χ4n) is 4.13. The van der Waals surface area contributed by atoms with Crippen molar-refractivity contribution in [2.45, 2.75) is 80.4 Å². The highest BCUT2D eigenvalue weighted by atomic mass is 32.2. The van der Waals surface area contributed by atoms with Crippen LogP contribution in [0.25, 0.3) is 0 Å². The summed E-state index contributed by atoms with van der Waals surface area (Å²) in [5.74, 6) is -1.23. The maximum absolute atomic E-state index is 12.0. The summed E-state index contributed by atoms with van der Waals surface area (Å²) in [7, 11) is 0. The minimum atomic E-state index is -0.965. The van der Waals surface area contributed by atoms with E-state index >= 15 is 0 Å². The third kappa shape index (κ3) is 8.24. The van der Waals surface area contributed by atoms with E-state index in [1.165, 1.54) is 0 Å². The minimum absolute atomic E-state index is 0.00810. The molecule has 5 amide bonds. The predicted octanol–water partition coefficient (Wildman–Crippen LogP) is 1.04. The summed E-state index contributed by atoms with van der Waals surface area (Å²) in [6, 6.07) is 0.312. The van der Waals surface area contributed by atoms with Gasteiger partial charge < -0.3 is 20.8 Å². The average molecular weight is 535 g/mol. The van der Waals surface area contributed by atoms with Crippen molar-refractivity contribution in [3.05, 3.63) is 0 Å². The van der Waals surface area contributed by atoms with Gasteiger partial charge in [0.2, 0.25) is 5.91 Å². The van der Waals surface area contributed by atoms with Gasteiger partial charge in [-0.15, -0.1) is 9.40 Å². The summed E-state index contributed by atoms with van der Waals surface area (Å²) >= 11 is 2.31. The molecule has 13 nitrogen and oxygen atoms in total. The number of carbonyl (C=O) groups excluding carboxylic acids is 5. The summed E-state index contributed by atoms with van der Waals surface area (Å²) < 4.78 is 4.16. The molecule has 0 aromatic rings. The topological polar surface area (TPSA) is 173 Å². The molecule has 35 heavy (non-hydrogen) atoms. The van der Waals surface area contributed by atoms with Crippen molar-refractivity contribution in [2.24, 2.45) is 0 Å². The van der Waals surface area contributed by atoms with Crippen molar-refractivity contribution >= 4 is 53.5 Å². The van der Waals surface area contributed by atoms with Crippen molar-refractivity contribution < 1.29 is 43.4 Å². The third-order valence-electron chi connectivity index (χ3n) is 5.90. The average Bonchev–Trinajstić information content (AvgIpc) is 3.46. The van der Waals surface area contributed by atoms with Crippen molar-refractivity contribution in [1.29, 1.82) is 0 Å². The molecule has 196 valence electrons. The van der Waals surface area contributed by atoms with Gasteiger partial charge in [-0.1, -0.05) is 17.9 Å². The van der Waals surface area contributed by atoms with E-state index in [0.717, 1.165) is 25.0 Å². The van der Waals surface area contributed by atoms with E-state index < -0.39 is 23.0 Å². The monoisotopic (exact) mass is 534 g/mol. The Bertz CT molecular complexity index is 803. The highest BCUT2D eigenvalue weighted by Crippen LogP contribution is 2.33. The van der Waals surface area contributed by atoms with E-state index in [0.29, 0.717) is 54.6 Å². The number of amides is 5. The van der Waals surface area contributed by atoms with Gasteiger partial charge in [-0.25, -0.2) is 14.8 Å². The lowest BCUT2D eigenvalue weighted by molar-refractivity contribution is -0.432. The van der Waals surface area contributed by atoms with Crippen LogP contribution in [0.4, 0.5) is 4.79 Å². The second kappa shape index (κ2) is 13.9. The van der Waals surface area contributed by atoms with Gasteiger partial charge in [0.25, 0.3) is 11.8 Å². The molecule has 0 aromatic heterocycles. The Kier molecular flexibility index (Phi) is 10.9. The lowest BCUT2D eigenvalue weighted by atomic mass is 10.0. The Morgan fingerprint density at radius 2 is 1.91 bits per heavy atom. The summed E-state index contributed by atoms with van der Waals surface area (Å²) in [4.78, 5) is 63.9. The van der Waals surface area contributed by atoms with E-state index in [1.807, 2.05) is 11.8 Å². The van der Waals surface area contributed by atoms with Crippen LogP contribution < -0.4 is 16.0 Å². The van der Waals surface area contributed by atoms with E-state index in [4.69, 9.17) is 10.1 Å². The molecule has 0 aromatic carbocycles. The van der Waals surface area contributed by atoms with Crippen LogP contribution in [-0.4, -0.2) is 74.9 Å². The van der Waals surface area contributed by atoms with E-state index in [1.54, 1.807) is 0 Å². The van der Waals surface area contributed by atoms with Crippen LogP contribution in [0.3, 0.4) is 0 Å². The molecule has 0 bridgehead atoms. The van der Waals surface area contributed by atoms with Gasteiger partial charge in [0, 0.05) is 42.4 Å². The number of thioether (sulfide) groups is 1.